The Labute approximate surface area is 241 Å². The van der Waals surface area contributed by atoms with Crippen LogP contribution in [0.5, 0.6) is 17.2 Å². The number of hydrogen-bond donors (Lipinski definition) is 0. The van der Waals surface area contributed by atoms with Gasteiger partial charge in [-0.2, -0.15) is 0 Å². The molecule has 41 heavy (non-hydrogen) atoms. The average Bonchev–Trinajstić information content (AvgIpc) is 3.27. The van der Waals surface area contributed by atoms with Crippen molar-refractivity contribution in [2.45, 2.75) is 71.2 Å². The highest BCUT2D eigenvalue weighted by atomic mass is 16.8. The summed E-state index contributed by atoms with van der Waals surface area (Å²) in [5.74, 6) is -0.0433. The van der Waals surface area contributed by atoms with Crippen LogP contribution >= 0.6 is 0 Å². The Morgan fingerprint density at radius 3 is 2.46 bits per heavy atom. The van der Waals surface area contributed by atoms with Gasteiger partial charge in [0.2, 0.25) is 0 Å². The molecule has 220 valence electrons. The summed E-state index contributed by atoms with van der Waals surface area (Å²) in [5, 5.41) is 0. The Kier molecular flexibility index (Phi) is 9.86. The third-order valence-corrected chi connectivity index (χ3v) is 6.92. The molecule has 2 aliphatic rings. The number of benzene rings is 2. The minimum atomic E-state index is -0.889. The number of ketones is 1. The first-order valence-electron chi connectivity index (χ1n) is 13.6. The SMILES string of the molecule is COCOc1cc(OCc2ccc(OC)cc2)cc2c1C(=O)O[C@@H](C)C(C)=CCC(=O)C1OC(C)(C)OC1CC=C2. The molecule has 0 spiro atoms. The third-order valence-electron chi connectivity index (χ3n) is 6.92. The first-order chi connectivity index (χ1) is 19.6. The molecule has 0 bridgehead atoms. The Hall–Kier alpha value is -3.66. The Morgan fingerprint density at radius 2 is 1.76 bits per heavy atom. The molecule has 9 nitrogen and oxygen atoms in total. The molecule has 2 aromatic rings. The molecule has 0 amide bonds. The predicted molar refractivity (Wildman–Crippen MR) is 152 cm³/mol. The Morgan fingerprint density at radius 1 is 1.00 bits per heavy atom. The lowest BCUT2D eigenvalue weighted by Gasteiger charge is -2.20. The smallest absolute Gasteiger partial charge is 0.343 e. The van der Waals surface area contributed by atoms with E-state index in [9.17, 15) is 9.59 Å². The van der Waals surface area contributed by atoms with Crippen LogP contribution < -0.4 is 14.2 Å². The van der Waals surface area contributed by atoms with Gasteiger partial charge in [0.05, 0.1) is 13.2 Å². The van der Waals surface area contributed by atoms with E-state index in [0.29, 0.717) is 17.7 Å². The van der Waals surface area contributed by atoms with E-state index in [4.69, 9.17) is 33.2 Å². The minimum Gasteiger partial charge on any atom is -0.497 e. The van der Waals surface area contributed by atoms with E-state index in [-0.39, 0.29) is 36.9 Å². The topological polar surface area (TPSA) is 98.8 Å². The Bertz CT molecular complexity index is 1290. The summed E-state index contributed by atoms with van der Waals surface area (Å²) in [6.07, 6.45) is 4.18. The van der Waals surface area contributed by atoms with Crippen LogP contribution in [0.2, 0.25) is 0 Å². The molecule has 4 rings (SSSR count). The summed E-state index contributed by atoms with van der Waals surface area (Å²) >= 11 is 0. The second-order valence-corrected chi connectivity index (χ2v) is 10.5. The van der Waals surface area contributed by atoms with Crippen molar-refractivity contribution in [3.05, 3.63) is 70.8 Å². The van der Waals surface area contributed by atoms with Crippen LogP contribution in [0.3, 0.4) is 0 Å². The molecule has 0 saturated carbocycles. The van der Waals surface area contributed by atoms with E-state index >= 15 is 0 Å². The quantitative estimate of drug-likeness (QED) is 0.239. The van der Waals surface area contributed by atoms with E-state index < -0.39 is 30.1 Å². The molecule has 2 aliphatic heterocycles. The third kappa shape index (κ3) is 7.75. The van der Waals surface area contributed by atoms with Gasteiger partial charge >= 0.3 is 5.97 Å². The summed E-state index contributed by atoms with van der Waals surface area (Å²) < 4.78 is 40.1. The largest absolute Gasteiger partial charge is 0.497 e. The summed E-state index contributed by atoms with van der Waals surface area (Å²) in [5.41, 5.74) is 2.45. The van der Waals surface area contributed by atoms with Crippen LogP contribution in [0.1, 0.15) is 62.0 Å². The standard InChI is InChI=1S/C32H38O9/c1-20-10-15-26(33)30-27(40-32(3,4)41-30)9-7-8-23-16-25(37-18-22-11-13-24(36-6)14-12-22)17-28(38-19-35-5)29(23)31(34)39-21(20)2/h7-8,10-14,16-17,21,27,30H,9,15,18-19H2,1-6H3/t21-,27?,30?/m0/s1. The summed E-state index contributed by atoms with van der Waals surface area (Å²) in [6, 6.07) is 11.0. The van der Waals surface area contributed by atoms with Crippen LogP contribution in [0, 0.1) is 0 Å². The van der Waals surface area contributed by atoms with Crippen LogP contribution in [0.4, 0.5) is 0 Å². The number of methoxy groups -OCH3 is 2. The van der Waals surface area contributed by atoms with Gasteiger partial charge in [-0.15, -0.1) is 0 Å². The molecule has 0 N–H and O–H groups in total. The van der Waals surface area contributed by atoms with Gasteiger partial charge in [0.15, 0.2) is 18.4 Å². The maximum atomic E-state index is 13.5. The zero-order valence-electron chi connectivity index (χ0n) is 24.4. The van der Waals surface area contributed by atoms with E-state index in [1.54, 1.807) is 52.2 Å². The van der Waals surface area contributed by atoms with E-state index in [1.807, 2.05) is 37.3 Å². The van der Waals surface area contributed by atoms with Gasteiger partial charge in [-0.25, -0.2) is 4.79 Å². The summed E-state index contributed by atoms with van der Waals surface area (Å²) in [7, 11) is 3.12. The first-order valence-corrected chi connectivity index (χ1v) is 13.6. The van der Waals surface area contributed by atoms with Crippen molar-refractivity contribution in [3.63, 3.8) is 0 Å². The van der Waals surface area contributed by atoms with Gasteiger partial charge in [-0.3, -0.25) is 4.79 Å². The highest BCUT2D eigenvalue weighted by Crippen LogP contribution is 2.35. The molecule has 2 heterocycles. The van der Waals surface area contributed by atoms with Gasteiger partial charge < -0.3 is 33.2 Å². The highest BCUT2D eigenvalue weighted by molar-refractivity contribution is 5.97. The van der Waals surface area contributed by atoms with Gasteiger partial charge in [0, 0.05) is 19.6 Å². The number of fused-ring (bicyclic) bond motifs is 2. The van der Waals surface area contributed by atoms with Gasteiger partial charge in [-0.1, -0.05) is 30.4 Å². The lowest BCUT2D eigenvalue weighted by Crippen LogP contribution is -2.31. The fourth-order valence-electron chi connectivity index (χ4n) is 4.63. The lowest BCUT2D eigenvalue weighted by molar-refractivity contribution is -0.154. The minimum absolute atomic E-state index is 0.0774. The fraction of sp³-hybridized carbons (Fsp3) is 0.438. The molecule has 3 atom stereocenters. The van der Waals surface area contributed by atoms with E-state index in [1.165, 1.54) is 7.11 Å². The number of hydrogen-bond acceptors (Lipinski definition) is 9. The molecule has 1 fully saturated rings. The fourth-order valence-corrected chi connectivity index (χ4v) is 4.63. The second-order valence-electron chi connectivity index (χ2n) is 10.5. The zero-order valence-corrected chi connectivity index (χ0v) is 24.4. The molecular weight excluding hydrogens is 528 g/mol. The number of allylic oxidation sites excluding steroid dienone is 1. The monoisotopic (exact) mass is 566 g/mol. The van der Waals surface area contributed by atoms with Gasteiger partial charge in [-0.05, 0) is 69.0 Å². The van der Waals surface area contributed by atoms with Crippen LogP contribution in [-0.4, -0.2) is 56.9 Å². The number of esters is 1. The summed E-state index contributed by atoms with van der Waals surface area (Å²) in [4.78, 5) is 26.6. The number of ether oxygens (including phenoxy) is 7. The molecule has 0 radical (unpaired) electrons. The number of cyclic esters (lactones) is 1. The number of carbonyl (C=O) groups excluding carboxylic acids is 2. The molecule has 0 aromatic heterocycles. The zero-order chi connectivity index (χ0) is 29.6. The van der Waals surface area contributed by atoms with Crippen molar-refractivity contribution >= 4 is 17.8 Å². The average molecular weight is 567 g/mol. The highest BCUT2D eigenvalue weighted by Gasteiger charge is 2.44. The second kappa shape index (κ2) is 13.3. The molecular formula is C32H38O9. The number of carbonyl (C=O) groups is 2. The van der Waals surface area contributed by atoms with Crippen molar-refractivity contribution in [2.75, 3.05) is 21.0 Å². The predicted octanol–water partition coefficient (Wildman–Crippen LogP) is 5.64. The molecule has 1 saturated heterocycles. The molecule has 0 aliphatic carbocycles. The van der Waals surface area contributed by atoms with Gasteiger partial charge in [0.1, 0.15) is 41.6 Å². The van der Waals surface area contributed by atoms with Gasteiger partial charge in [0.25, 0.3) is 0 Å². The van der Waals surface area contributed by atoms with Crippen LogP contribution in [0.25, 0.3) is 6.08 Å². The molecule has 9 heteroatoms. The van der Waals surface area contributed by atoms with E-state index in [0.717, 1.165) is 16.9 Å². The van der Waals surface area contributed by atoms with Crippen molar-refractivity contribution < 1.29 is 42.7 Å². The lowest BCUT2D eigenvalue weighted by atomic mass is 10.00. The normalized spacial score (nSPS) is 22.6. The molecule has 2 unspecified atom stereocenters. The maximum Gasteiger partial charge on any atom is 0.343 e. The maximum absolute atomic E-state index is 13.5. The Balaban J connectivity index is 1.72. The molecule has 2 aromatic carbocycles. The van der Waals surface area contributed by atoms with Crippen molar-refractivity contribution in [3.8, 4) is 17.2 Å². The summed E-state index contributed by atoms with van der Waals surface area (Å²) in [6.45, 7) is 7.38. The van der Waals surface area contributed by atoms with Crippen LogP contribution in [-0.2, 0) is 30.3 Å². The van der Waals surface area contributed by atoms with Crippen molar-refractivity contribution in [2.24, 2.45) is 0 Å². The van der Waals surface area contributed by atoms with E-state index in [2.05, 4.69) is 0 Å². The van der Waals surface area contributed by atoms with Crippen molar-refractivity contribution in [1.29, 1.82) is 0 Å². The number of rotatable bonds is 7. The first kappa shape index (κ1) is 30.3. The van der Waals surface area contributed by atoms with Crippen molar-refractivity contribution in [1.82, 2.24) is 0 Å². The van der Waals surface area contributed by atoms with Crippen LogP contribution in [0.15, 0.2) is 54.1 Å². The number of Topliss-reactive ketones (excluding diaryl/α,β-unsaturated/α-hetero) is 1.